The Labute approximate surface area is 156 Å². The number of hydrogen-bond acceptors (Lipinski definition) is 5. The molecule has 140 valence electrons. The van der Waals surface area contributed by atoms with Gasteiger partial charge in [0.05, 0.1) is 35.4 Å². The molecule has 27 heavy (non-hydrogen) atoms. The first-order valence-electron chi connectivity index (χ1n) is 9.20. The van der Waals surface area contributed by atoms with Crippen molar-refractivity contribution in [2.45, 2.75) is 39.2 Å². The molecule has 0 radical (unpaired) electrons. The van der Waals surface area contributed by atoms with Crippen LogP contribution in [0.4, 0.5) is 0 Å². The molecule has 1 saturated heterocycles. The highest BCUT2D eigenvalue weighted by Crippen LogP contribution is 2.22. The van der Waals surface area contributed by atoms with Crippen LogP contribution in [0.15, 0.2) is 39.9 Å². The zero-order valence-electron chi connectivity index (χ0n) is 15.5. The lowest BCUT2D eigenvalue weighted by Gasteiger charge is -2.33. The summed E-state index contributed by atoms with van der Waals surface area (Å²) in [5.74, 6) is 0.722. The van der Waals surface area contributed by atoms with Crippen LogP contribution < -0.4 is 5.56 Å². The Kier molecular flexibility index (Phi) is 4.51. The first-order chi connectivity index (χ1) is 13.0. The lowest BCUT2D eigenvalue weighted by Crippen LogP contribution is -2.43. The average molecular weight is 366 g/mol. The summed E-state index contributed by atoms with van der Waals surface area (Å²) in [4.78, 5) is 31.9. The van der Waals surface area contributed by atoms with Gasteiger partial charge in [-0.05, 0) is 38.8 Å². The summed E-state index contributed by atoms with van der Waals surface area (Å²) in [6, 6.07) is 7.29. The molecular weight excluding hydrogens is 344 g/mol. The number of aromatic nitrogens is 3. The highest BCUT2D eigenvalue weighted by Gasteiger charge is 2.27. The van der Waals surface area contributed by atoms with Gasteiger partial charge in [-0.25, -0.2) is 4.98 Å². The number of para-hydroxylation sites is 1. The number of carbonyl (C=O) groups is 1. The van der Waals surface area contributed by atoms with Gasteiger partial charge in [0.1, 0.15) is 5.76 Å². The fourth-order valence-corrected chi connectivity index (χ4v) is 3.77. The van der Waals surface area contributed by atoms with Gasteiger partial charge in [-0.3, -0.25) is 14.2 Å². The summed E-state index contributed by atoms with van der Waals surface area (Å²) in [5, 5.41) is 4.53. The standard InChI is InChI=1S/C20H22N4O3/c1-13-17(14(2)27-22-13)10-19(25)23-9-5-6-15(11-23)24-12-21-18-8-4-3-7-16(18)20(24)26/h3-4,7-8,12,15H,5-6,9-11H2,1-2H3. The van der Waals surface area contributed by atoms with Gasteiger partial charge in [-0.1, -0.05) is 17.3 Å². The van der Waals surface area contributed by atoms with Crippen LogP contribution in [0.5, 0.6) is 0 Å². The lowest BCUT2D eigenvalue weighted by atomic mass is 10.0. The predicted octanol–water partition coefficient (Wildman–Crippen LogP) is 2.41. The second kappa shape index (κ2) is 6.98. The van der Waals surface area contributed by atoms with E-state index in [2.05, 4.69) is 10.1 Å². The van der Waals surface area contributed by atoms with Crippen molar-refractivity contribution in [2.24, 2.45) is 0 Å². The van der Waals surface area contributed by atoms with Gasteiger partial charge in [0.15, 0.2) is 0 Å². The smallest absolute Gasteiger partial charge is 0.261 e. The maximum Gasteiger partial charge on any atom is 0.261 e. The largest absolute Gasteiger partial charge is 0.361 e. The second-order valence-electron chi connectivity index (χ2n) is 7.09. The number of piperidine rings is 1. The van der Waals surface area contributed by atoms with Crippen LogP contribution in [0.2, 0.25) is 0 Å². The molecule has 1 fully saturated rings. The third-order valence-corrected chi connectivity index (χ3v) is 5.34. The van der Waals surface area contributed by atoms with E-state index in [0.29, 0.717) is 29.8 Å². The Bertz CT molecular complexity index is 1030. The zero-order valence-corrected chi connectivity index (χ0v) is 15.5. The Morgan fingerprint density at radius 2 is 2.11 bits per heavy atom. The van der Waals surface area contributed by atoms with E-state index in [9.17, 15) is 9.59 Å². The number of hydrogen-bond donors (Lipinski definition) is 0. The highest BCUT2D eigenvalue weighted by atomic mass is 16.5. The summed E-state index contributed by atoms with van der Waals surface area (Å²) >= 11 is 0. The molecule has 1 aliphatic rings. The van der Waals surface area contributed by atoms with Gasteiger partial charge in [-0.15, -0.1) is 0 Å². The normalized spacial score (nSPS) is 17.4. The lowest BCUT2D eigenvalue weighted by molar-refractivity contribution is -0.132. The van der Waals surface area contributed by atoms with Gasteiger partial charge in [0.25, 0.3) is 5.56 Å². The fraction of sp³-hybridized carbons (Fsp3) is 0.400. The van der Waals surface area contributed by atoms with E-state index in [1.54, 1.807) is 17.0 Å². The van der Waals surface area contributed by atoms with Crippen LogP contribution in [0.1, 0.15) is 35.9 Å². The second-order valence-corrected chi connectivity index (χ2v) is 7.09. The molecule has 1 unspecified atom stereocenters. The minimum absolute atomic E-state index is 0.0379. The molecule has 0 aliphatic carbocycles. The molecule has 3 aromatic rings. The molecule has 2 aromatic heterocycles. The van der Waals surface area contributed by atoms with Crippen LogP contribution in [-0.2, 0) is 11.2 Å². The van der Waals surface area contributed by atoms with Crippen LogP contribution in [-0.4, -0.2) is 38.6 Å². The van der Waals surface area contributed by atoms with E-state index in [-0.39, 0.29) is 23.9 Å². The maximum absolute atomic E-state index is 12.8. The van der Waals surface area contributed by atoms with Crippen molar-refractivity contribution >= 4 is 16.8 Å². The number of benzene rings is 1. The van der Waals surface area contributed by atoms with Crippen LogP contribution in [0, 0.1) is 13.8 Å². The van der Waals surface area contributed by atoms with Crippen molar-refractivity contribution in [1.82, 2.24) is 19.6 Å². The minimum Gasteiger partial charge on any atom is -0.361 e. The van der Waals surface area contributed by atoms with Crippen LogP contribution in [0.3, 0.4) is 0 Å². The monoisotopic (exact) mass is 366 g/mol. The van der Waals surface area contributed by atoms with Gasteiger partial charge in [0.2, 0.25) is 5.91 Å². The third kappa shape index (κ3) is 3.25. The minimum atomic E-state index is -0.0584. The van der Waals surface area contributed by atoms with Crippen LogP contribution in [0.25, 0.3) is 10.9 Å². The number of rotatable bonds is 3. The third-order valence-electron chi connectivity index (χ3n) is 5.34. The van der Waals surface area contributed by atoms with E-state index in [0.717, 1.165) is 24.1 Å². The van der Waals surface area contributed by atoms with Crippen LogP contribution >= 0.6 is 0 Å². The number of amides is 1. The number of carbonyl (C=O) groups excluding carboxylic acids is 1. The van der Waals surface area contributed by atoms with Crippen molar-refractivity contribution < 1.29 is 9.32 Å². The Hall–Kier alpha value is -2.96. The average Bonchev–Trinajstić information content (AvgIpc) is 3.00. The molecule has 1 amide bonds. The maximum atomic E-state index is 12.8. The molecule has 3 heterocycles. The van der Waals surface area contributed by atoms with E-state index < -0.39 is 0 Å². The van der Waals surface area contributed by atoms with Crippen molar-refractivity contribution in [2.75, 3.05) is 13.1 Å². The first kappa shape index (κ1) is 17.5. The Morgan fingerprint density at radius 3 is 2.89 bits per heavy atom. The summed E-state index contributed by atoms with van der Waals surface area (Å²) < 4.78 is 6.83. The molecule has 0 spiro atoms. The number of nitrogens with zero attached hydrogens (tertiary/aromatic N) is 4. The molecule has 7 heteroatoms. The van der Waals surface area contributed by atoms with E-state index in [1.807, 2.05) is 36.9 Å². The number of fused-ring (bicyclic) bond motifs is 1. The van der Waals surface area contributed by atoms with Gasteiger partial charge in [-0.2, -0.15) is 0 Å². The van der Waals surface area contributed by atoms with Crippen molar-refractivity contribution in [3.05, 3.63) is 58.0 Å². The highest BCUT2D eigenvalue weighted by molar-refractivity contribution is 5.79. The SMILES string of the molecule is Cc1noc(C)c1CC(=O)N1CCCC(n2cnc3ccccc3c2=O)C1. The van der Waals surface area contributed by atoms with E-state index in [4.69, 9.17) is 4.52 Å². The summed E-state index contributed by atoms with van der Waals surface area (Å²) in [6.45, 7) is 4.89. The Balaban J connectivity index is 1.55. The number of likely N-dealkylation sites (tertiary alicyclic amines) is 1. The molecular formula is C20H22N4O3. The molecule has 1 aliphatic heterocycles. The van der Waals surface area contributed by atoms with E-state index in [1.165, 1.54) is 0 Å². The summed E-state index contributed by atoms with van der Waals surface area (Å²) in [5.41, 5.74) is 2.25. The van der Waals surface area contributed by atoms with Gasteiger partial charge >= 0.3 is 0 Å². The molecule has 0 bridgehead atoms. The van der Waals surface area contributed by atoms with Crippen molar-refractivity contribution in [3.8, 4) is 0 Å². The molecule has 1 aromatic carbocycles. The van der Waals surface area contributed by atoms with Crippen molar-refractivity contribution in [3.63, 3.8) is 0 Å². The fourth-order valence-electron chi connectivity index (χ4n) is 3.77. The quantitative estimate of drug-likeness (QED) is 0.711. The Morgan fingerprint density at radius 1 is 1.30 bits per heavy atom. The van der Waals surface area contributed by atoms with Gasteiger partial charge in [0, 0.05) is 18.7 Å². The molecule has 4 rings (SSSR count). The molecule has 0 N–H and O–H groups in total. The molecule has 7 nitrogen and oxygen atoms in total. The zero-order chi connectivity index (χ0) is 19.0. The molecule has 1 atom stereocenters. The summed E-state index contributed by atoms with van der Waals surface area (Å²) in [7, 11) is 0. The van der Waals surface area contributed by atoms with Gasteiger partial charge < -0.3 is 9.42 Å². The van der Waals surface area contributed by atoms with E-state index >= 15 is 0 Å². The topological polar surface area (TPSA) is 81.2 Å². The van der Waals surface area contributed by atoms with Crippen molar-refractivity contribution in [1.29, 1.82) is 0 Å². The molecule has 0 saturated carbocycles. The predicted molar refractivity (Wildman–Crippen MR) is 101 cm³/mol. The number of aryl methyl sites for hydroxylation is 2. The summed E-state index contributed by atoms with van der Waals surface area (Å²) in [6.07, 6.45) is 3.60. The first-order valence-corrected chi connectivity index (χ1v) is 9.20.